The largest absolute Gasteiger partial charge is 0.399 e. The second-order valence-corrected chi connectivity index (χ2v) is 7.88. The second-order valence-electron chi connectivity index (χ2n) is 4.28. The molecule has 1 aromatic rings. The highest BCUT2D eigenvalue weighted by Crippen LogP contribution is 2.22. The Hall–Kier alpha value is -0.920. The summed E-state index contributed by atoms with van der Waals surface area (Å²) in [6.07, 6.45) is 0. The number of hydrogen-bond donors (Lipinski definition) is 1. The Labute approximate surface area is 109 Å². The molecule has 0 amide bonds. The molecule has 0 atom stereocenters. The smallest absolute Gasteiger partial charge is 0.243 e. The molecule has 1 aliphatic rings. The molecule has 2 rings (SSSR count). The van der Waals surface area contributed by atoms with E-state index in [0.717, 1.165) is 0 Å². The van der Waals surface area contributed by atoms with Gasteiger partial charge in [0.25, 0.3) is 0 Å². The van der Waals surface area contributed by atoms with Crippen molar-refractivity contribution in [3.05, 3.63) is 23.8 Å². The molecule has 0 saturated carbocycles. The Morgan fingerprint density at radius 3 is 2.44 bits per heavy atom. The average Bonchev–Trinajstić information content (AvgIpc) is 2.29. The molecular formula is C11H16N2O3S2. The minimum absolute atomic E-state index is 0.282. The molecule has 100 valence electrons. The Morgan fingerprint density at radius 1 is 1.28 bits per heavy atom. The highest BCUT2D eigenvalue weighted by Gasteiger charge is 2.29. The summed E-state index contributed by atoms with van der Waals surface area (Å²) in [7, 11) is -4.38. The fraction of sp³-hybridized carbons (Fsp3) is 0.455. The predicted octanol–water partition coefficient (Wildman–Crippen LogP) is 0.330. The quantitative estimate of drug-likeness (QED) is 0.795. The van der Waals surface area contributed by atoms with Crippen molar-refractivity contribution in [3.63, 3.8) is 0 Å². The molecule has 0 bridgehead atoms. The van der Waals surface area contributed by atoms with Crippen molar-refractivity contribution >= 4 is 26.5 Å². The number of nitrogens with zero attached hydrogens (tertiary/aromatic N) is 1. The first-order chi connectivity index (χ1) is 8.41. The molecule has 2 N–H and O–H groups in total. The number of nitrogens with two attached hydrogens (primary N) is 1. The molecule has 1 aromatic carbocycles. The van der Waals surface area contributed by atoms with Crippen LogP contribution in [-0.4, -0.2) is 41.5 Å². The zero-order valence-electron chi connectivity index (χ0n) is 10.1. The van der Waals surface area contributed by atoms with Crippen LogP contribution in [0.2, 0.25) is 0 Å². The summed E-state index contributed by atoms with van der Waals surface area (Å²) in [5.74, 6) is 0.820. The first kappa shape index (κ1) is 13.5. The molecule has 0 spiro atoms. The fourth-order valence-corrected chi connectivity index (χ4v) is 4.89. The van der Waals surface area contributed by atoms with Gasteiger partial charge in [-0.2, -0.15) is 4.31 Å². The number of nitrogen functional groups attached to an aromatic ring is 1. The van der Waals surface area contributed by atoms with E-state index in [1.54, 1.807) is 19.1 Å². The Balaban J connectivity index is 2.33. The van der Waals surface area contributed by atoms with Gasteiger partial charge in [-0.3, -0.25) is 4.21 Å². The van der Waals surface area contributed by atoms with E-state index in [-0.39, 0.29) is 4.90 Å². The van der Waals surface area contributed by atoms with Crippen LogP contribution in [0.15, 0.2) is 23.1 Å². The van der Waals surface area contributed by atoms with E-state index in [2.05, 4.69) is 0 Å². The first-order valence-corrected chi connectivity index (χ1v) is 8.55. The van der Waals surface area contributed by atoms with Gasteiger partial charge in [-0.1, -0.05) is 0 Å². The van der Waals surface area contributed by atoms with Crippen LogP contribution in [0.3, 0.4) is 0 Å². The van der Waals surface area contributed by atoms with Crippen molar-refractivity contribution in [2.45, 2.75) is 11.8 Å². The fourth-order valence-electron chi connectivity index (χ4n) is 1.96. The van der Waals surface area contributed by atoms with Crippen LogP contribution in [0.1, 0.15) is 5.56 Å². The molecule has 1 aliphatic heterocycles. The summed E-state index contributed by atoms with van der Waals surface area (Å²) in [6.45, 7) is 2.36. The van der Waals surface area contributed by atoms with Gasteiger partial charge in [-0.25, -0.2) is 8.42 Å². The molecule has 5 nitrogen and oxygen atoms in total. The minimum Gasteiger partial charge on any atom is -0.399 e. The van der Waals surface area contributed by atoms with Gasteiger partial charge in [0.15, 0.2) is 0 Å². The maximum absolute atomic E-state index is 12.4. The maximum atomic E-state index is 12.4. The number of benzene rings is 1. The normalized spacial score (nSPS) is 18.9. The van der Waals surface area contributed by atoms with Gasteiger partial charge in [0.2, 0.25) is 10.0 Å². The molecule has 0 radical (unpaired) electrons. The SMILES string of the molecule is Cc1cc(N)ccc1S(=O)(=O)N1CCS(=O)CC1. The Morgan fingerprint density at radius 2 is 1.89 bits per heavy atom. The van der Waals surface area contributed by atoms with Crippen molar-refractivity contribution in [1.82, 2.24) is 4.31 Å². The Kier molecular flexibility index (Phi) is 3.74. The van der Waals surface area contributed by atoms with Gasteiger partial charge >= 0.3 is 0 Å². The van der Waals surface area contributed by atoms with E-state index < -0.39 is 20.8 Å². The Bertz CT molecular complexity index is 574. The van der Waals surface area contributed by atoms with E-state index in [1.807, 2.05) is 0 Å². The monoisotopic (exact) mass is 288 g/mol. The minimum atomic E-state index is -3.49. The zero-order chi connectivity index (χ0) is 13.3. The van der Waals surface area contributed by atoms with Crippen LogP contribution < -0.4 is 5.73 Å². The molecule has 7 heteroatoms. The summed E-state index contributed by atoms with van der Waals surface area (Å²) in [4.78, 5) is 0.282. The topological polar surface area (TPSA) is 80.5 Å². The van der Waals surface area contributed by atoms with E-state index in [1.165, 1.54) is 10.4 Å². The third-order valence-corrected chi connectivity index (χ3v) is 6.29. The van der Waals surface area contributed by atoms with E-state index in [0.29, 0.717) is 35.8 Å². The first-order valence-electron chi connectivity index (χ1n) is 5.62. The third-order valence-electron chi connectivity index (χ3n) is 2.95. The molecular weight excluding hydrogens is 272 g/mol. The predicted molar refractivity (Wildman–Crippen MR) is 72.2 cm³/mol. The van der Waals surface area contributed by atoms with Gasteiger partial charge in [0.05, 0.1) is 4.90 Å². The number of hydrogen-bond acceptors (Lipinski definition) is 4. The molecule has 0 aromatic heterocycles. The van der Waals surface area contributed by atoms with Gasteiger partial charge < -0.3 is 5.73 Å². The molecule has 1 saturated heterocycles. The highest BCUT2D eigenvalue weighted by molar-refractivity contribution is 7.89. The lowest BCUT2D eigenvalue weighted by atomic mass is 10.2. The van der Waals surface area contributed by atoms with E-state index >= 15 is 0 Å². The summed E-state index contributed by atoms with van der Waals surface area (Å²) < 4.78 is 37.5. The molecule has 18 heavy (non-hydrogen) atoms. The lowest BCUT2D eigenvalue weighted by molar-refractivity contribution is 0.438. The zero-order valence-corrected chi connectivity index (χ0v) is 11.8. The molecule has 1 heterocycles. The second kappa shape index (κ2) is 4.99. The van der Waals surface area contributed by atoms with Crippen molar-refractivity contribution in [3.8, 4) is 0 Å². The number of anilines is 1. The molecule has 1 fully saturated rings. The maximum Gasteiger partial charge on any atom is 0.243 e. The van der Waals surface area contributed by atoms with Crippen molar-refractivity contribution in [2.75, 3.05) is 30.3 Å². The summed E-state index contributed by atoms with van der Waals surface area (Å²) in [5.41, 5.74) is 6.81. The van der Waals surface area contributed by atoms with Gasteiger partial charge in [0, 0.05) is 41.1 Å². The van der Waals surface area contributed by atoms with Crippen molar-refractivity contribution < 1.29 is 12.6 Å². The number of aryl methyl sites for hydroxylation is 1. The standard InChI is InChI=1S/C11H16N2O3S2/c1-9-8-10(12)2-3-11(9)18(15,16)13-4-6-17(14)7-5-13/h2-3,8H,4-7,12H2,1H3. The summed E-state index contributed by atoms with van der Waals surface area (Å²) in [5, 5.41) is 0. The molecule has 0 unspecified atom stereocenters. The average molecular weight is 288 g/mol. The van der Waals surface area contributed by atoms with Crippen LogP contribution >= 0.6 is 0 Å². The van der Waals surface area contributed by atoms with Crippen LogP contribution in [0.5, 0.6) is 0 Å². The van der Waals surface area contributed by atoms with E-state index in [9.17, 15) is 12.6 Å². The highest BCUT2D eigenvalue weighted by atomic mass is 32.2. The third kappa shape index (κ3) is 2.57. The van der Waals surface area contributed by atoms with Crippen LogP contribution in [-0.2, 0) is 20.8 Å². The summed E-state index contributed by atoms with van der Waals surface area (Å²) >= 11 is 0. The lowest BCUT2D eigenvalue weighted by Gasteiger charge is -2.26. The van der Waals surface area contributed by atoms with Crippen molar-refractivity contribution in [1.29, 1.82) is 0 Å². The van der Waals surface area contributed by atoms with Crippen LogP contribution in [0.4, 0.5) is 5.69 Å². The van der Waals surface area contributed by atoms with Gasteiger partial charge in [-0.05, 0) is 30.7 Å². The summed E-state index contributed by atoms with van der Waals surface area (Å²) in [6, 6.07) is 4.77. The van der Waals surface area contributed by atoms with Crippen LogP contribution in [0, 0.1) is 6.92 Å². The number of sulfonamides is 1. The van der Waals surface area contributed by atoms with Gasteiger partial charge in [0.1, 0.15) is 0 Å². The van der Waals surface area contributed by atoms with Gasteiger partial charge in [-0.15, -0.1) is 0 Å². The van der Waals surface area contributed by atoms with Crippen molar-refractivity contribution in [2.24, 2.45) is 0 Å². The number of rotatable bonds is 2. The lowest BCUT2D eigenvalue weighted by Crippen LogP contribution is -2.41. The van der Waals surface area contributed by atoms with E-state index in [4.69, 9.17) is 5.73 Å². The van der Waals surface area contributed by atoms with Crippen LogP contribution in [0.25, 0.3) is 0 Å². The molecule has 0 aliphatic carbocycles.